The average molecular weight is 348 g/mol. The van der Waals surface area contributed by atoms with Crippen LogP contribution in [0.2, 0.25) is 0 Å². The summed E-state index contributed by atoms with van der Waals surface area (Å²) in [5.74, 6) is -0.0110. The molecule has 1 heterocycles. The molecule has 2 amide bonds. The average Bonchev–Trinajstić information content (AvgIpc) is 2.60. The van der Waals surface area contributed by atoms with Gasteiger partial charge in [0.2, 0.25) is 0 Å². The molecule has 1 aromatic rings. The molecule has 25 heavy (non-hydrogen) atoms. The number of rotatable bonds is 6. The molecular formula is C19H28N2O4. The van der Waals surface area contributed by atoms with Crippen LogP contribution in [0.25, 0.3) is 0 Å². The molecule has 0 spiro atoms. The molecule has 0 aromatic heterocycles. The Hall–Kier alpha value is -2.24. The lowest BCUT2D eigenvalue weighted by Gasteiger charge is -2.31. The van der Waals surface area contributed by atoms with Gasteiger partial charge in [-0.05, 0) is 43.4 Å². The molecule has 6 nitrogen and oxygen atoms in total. The van der Waals surface area contributed by atoms with E-state index in [1.54, 1.807) is 4.90 Å². The minimum absolute atomic E-state index is 0.156. The number of urea groups is 1. The number of nitrogens with one attached hydrogen (secondary N) is 1. The third-order valence-corrected chi connectivity index (χ3v) is 4.36. The van der Waals surface area contributed by atoms with Crippen LogP contribution in [-0.2, 0) is 4.79 Å². The first-order valence-electron chi connectivity index (χ1n) is 8.87. The van der Waals surface area contributed by atoms with E-state index in [9.17, 15) is 9.59 Å². The fourth-order valence-electron chi connectivity index (χ4n) is 2.84. The number of carbonyl (C=O) groups is 2. The minimum atomic E-state index is -0.831. The number of likely N-dealkylation sites (tertiary alicyclic amines) is 1. The van der Waals surface area contributed by atoms with Gasteiger partial charge < -0.3 is 20.1 Å². The number of ether oxygens (including phenoxy) is 1. The molecule has 1 aliphatic rings. The van der Waals surface area contributed by atoms with Crippen molar-refractivity contribution in [3.63, 3.8) is 0 Å². The fraction of sp³-hybridized carbons (Fsp3) is 0.579. The van der Waals surface area contributed by atoms with E-state index in [0.29, 0.717) is 25.5 Å². The highest BCUT2D eigenvalue weighted by molar-refractivity contribution is 5.77. The van der Waals surface area contributed by atoms with Gasteiger partial charge >= 0.3 is 12.0 Å². The monoisotopic (exact) mass is 348 g/mol. The van der Waals surface area contributed by atoms with Gasteiger partial charge in [0.1, 0.15) is 5.75 Å². The van der Waals surface area contributed by atoms with Crippen molar-refractivity contribution in [3.05, 3.63) is 29.8 Å². The van der Waals surface area contributed by atoms with Crippen molar-refractivity contribution in [1.82, 2.24) is 10.2 Å². The van der Waals surface area contributed by atoms with E-state index in [2.05, 4.69) is 19.2 Å². The summed E-state index contributed by atoms with van der Waals surface area (Å²) >= 11 is 0. The maximum atomic E-state index is 12.4. The summed E-state index contributed by atoms with van der Waals surface area (Å²) in [6.07, 6.45) is 1.35. The zero-order chi connectivity index (χ0) is 18.4. The number of carboxylic acids is 1. The lowest BCUT2D eigenvalue weighted by atomic mass is 9.98. The summed E-state index contributed by atoms with van der Waals surface area (Å²) in [4.78, 5) is 25.1. The van der Waals surface area contributed by atoms with Crippen LogP contribution < -0.4 is 10.1 Å². The van der Waals surface area contributed by atoms with Crippen LogP contribution in [0.4, 0.5) is 4.79 Å². The maximum Gasteiger partial charge on any atom is 0.317 e. The van der Waals surface area contributed by atoms with Crippen LogP contribution in [-0.4, -0.2) is 41.7 Å². The Morgan fingerprint density at radius 3 is 2.56 bits per heavy atom. The summed E-state index contributed by atoms with van der Waals surface area (Å²) in [5, 5.41) is 12.1. The van der Waals surface area contributed by atoms with Gasteiger partial charge in [-0.15, -0.1) is 0 Å². The van der Waals surface area contributed by atoms with Crippen molar-refractivity contribution in [2.75, 3.05) is 19.7 Å². The SMILES string of the molecule is CC(C)COc1ccc(C(C)NC(=O)N2CCCC(C(=O)O)C2)cc1. The summed E-state index contributed by atoms with van der Waals surface area (Å²) in [5.41, 5.74) is 0.983. The van der Waals surface area contributed by atoms with Crippen molar-refractivity contribution in [1.29, 1.82) is 0 Å². The van der Waals surface area contributed by atoms with E-state index in [1.807, 2.05) is 31.2 Å². The van der Waals surface area contributed by atoms with E-state index in [0.717, 1.165) is 17.7 Å². The molecular weight excluding hydrogens is 320 g/mol. The Labute approximate surface area is 149 Å². The molecule has 0 bridgehead atoms. The Kier molecular flexibility index (Phi) is 6.67. The van der Waals surface area contributed by atoms with Gasteiger partial charge in [0.15, 0.2) is 0 Å². The lowest BCUT2D eigenvalue weighted by molar-refractivity contribution is -0.143. The number of hydrogen-bond acceptors (Lipinski definition) is 3. The fourth-order valence-corrected chi connectivity index (χ4v) is 2.84. The molecule has 1 fully saturated rings. The first kappa shape index (κ1) is 19.1. The molecule has 2 atom stereocenters. The number of nitrogens with zero attached hydrogens (tertiary/aromatic N) is 1. The minimum Gasteiger partial charge on any atom is -0.493 e. The second-order valence-corrected chi connectivity index (χ2v) is 7.07. The number of hydrogen-bond donors (Lipinski definition) is 2. The second kappa shape index (κ2) is 8.74. The van der Waals surface area contributed by atoms with E-state index in [4.69, 9.17) is 9.84 Å². The molecule has 0 radical (unpaired) electrons. The van der Waals surface area contributed by atoms with Crippen LogP contribution in [0.5, 0.6) is 5.75 Å². The van der Waals surface area contributed by atoms with Gasteiger partial charge in [-0.25, -0.2) is 4.79 Å². The largest absolute Gasteiger partial charge is 0.493 e. The maximum absolute atomic E-state index is 12.4. The number of aliphatic carboxylic acids is 1. The predicted octanol–water partition coefficient (Wildman–Crippen LogP) is 3.29. The number of carbonyl (C=O) groups excluding carboxylic acids is 1. The number of piperidine rings is 1. The Morgan fingerprint density at radius 2 is 1.96 bits per heavy atom. The number of amides is 2. The molecule has 2 unspecified atom stereocenters. The van der Waals surface area contributed by atoms with Gasteiger partial charge in [-0.2, -0.15) is 0 Å². The normalized spacial score (nSPS) is 18.7. The van der Waals surface area contributed by atoms with E-state index < -0.39 is 11.9 Å². The number of carboxylic acid groups (broad SMARTS) is 1. The third-order valence-electron chi connectivity index (χ3n) is 4.36. The topological polar surface area (TPSA) is 78.9 Å². The molecule has 6 heteroatoms. The van der Waals surface area contributed by atoms with Crippen molar-refractivity contribution in [3.8, 4) is 5.75 Å². The summed E-state index contributed by atoms with van der Waals surface area (Å²) in [6.45, 7) is 7.66. The van der Waals surface area contributed by atoms with E-state index in [-0.39, 0.29) is 18.6 Å². The second-order valence-electron chi connectivity index (χ2n) is 7.07. The number of benzene rings is 1. The highest BCUT2D eigenvalue weighted by atomic mass is 16.5. The molecule has 0 saturated carbocycles. The van der Waals surface area contributed by atoms with E-state index in [1.165, 1.54) is 0 Å². The molecule has 0 aliphatic carbocycles. The molecule has 138 valence electrons. The summed E-state index contributed by atoms with van der Waals surface area (Å²) < 4.78 is 5.66. The van der Waals surface area contributed by atoms with E-state index >= 15 is 0 Å². The molecule has 1 aliphatic heterocycles. The van der Waals surface area contributed by atoms with Crippen LogP contribution in [0, 0.1) is 11.8 Å². The van der Waals surface area contributed by atoms with Gasteiger partial charge in [-0.3, -0.25) is 4.79 Å². The molecule has 2 rings (SSSR count). The Bertz CT molecular complexity index is 586. The quantitative estimate of drug-likeness (QED) is 0.827. The highest BCUT2D eigenvalue weighted by Gasteiger charge is 2.28. The van der Waals surface area contributed by atoms with Crippen molar-refractivity contribution in [2.45, 2.75) is 39.7 Å². The van der Waals surface area contributed by atoms with Crippen LogP contribution in [0.15, 0.2) is 24.3 Å². The molecule has 1 saturated heterocycles. The molecule has 1 aromatic carbocycles. The van der Waals surface area contributed by atoms with Gasteiger partial charge in [-0.1, -0.05) is 26.0 Å². The summed E-state index contributed by atoms with van der Waals surface area (Å²) in [6, 6.07) is 7.33. The zero-order valence-corrected chi connectivity index (χ0v) is 15.2. The highest BCUT2D eigenvalue weighted by Crippen LogP contribution is 2.20. The Balaban J connectivity index is 1.89. The van der Waals surface area contributed by atoms with Crippen LogP contribution in [0.1, 0.15) is 45.2 Å². The van der Waals surface area contributed by atoms with Gasteiger partial charge in [0, 0.05) is 13.1 Å². The van der Waals surface area contributed by atoms with Gasteiger partial charge in [0.05, 0.1) is 18.6 Å². The zero-order valence-electron chi connectivity index (χ0n) is 15.2. The van der Waals surface area contributed by atoms with Crippen LogP contribution >= 0.6 is 0 Å². The van der Waals surface area contributed by atoms with Crippen molar-refractivity contribution < 1.29 is 19.4 Å². The summed E-state index contributed by atoms with van der Waals surface area (Å²) in [7, 11) is 0. The first-order chi connectivity index (χ1) is 11.9. The third kappa shape index (κ3) is 5.66. The smallest absolute Gasteiger partial charge is 0.317 e. The van der Waals surface area contributed by atoms with Crippen molar-refractivity contribution >= 4 is 12.0 Å². The first-order valence-corrected chi connectivity index (χ1v) is 8.87. The van der Waals surface area contributed by atoms with Crippen LogP contribution in [0.3, 0.4) is 0 Å². The lowest BCUT2D eigenvalue weighted by Crippen LogP contribution is -2.47. The van der Waals surface area contributed by atoms with Gasteiger partial charge in [0.25, 0.3) is 0 Å². The van der Waals surface area contributed by atoms with Crippen molar-refractivity contribution in [2.24, 2.45) is 11.8 Å². The molecule has 2 N–H and O–H groups in total. The predicted molar refractivity (Wildman–Crippen MR) is 95.7 cm³/mol. The Morgan fingerprint density at radius 1 is 1.28 bits per heavy atom. The standard InChI is InChI=1S/C19H28N2O4/c1-13(2)12-25-17-8-6-15(7-9-17)14(3)20-19(24)21-10-4-5-16(11-21)18(22)23/h6-9,13-14,16H,4-5,10-12H2,1-3H3,(H,20,24)(H,22,23).